The maximum Gasteiger partial charge on any atom is 0.288 e. The predicted octanol–water partition coefficient (Wildman–Crippen LogP) is 4.35. The van der Waals surface area contributed by atoms with E-state index in [1.807, 2.05) is 0 Å². The topological polar surface area (TPSA) is 115 Å². The summed E-state index contributed by atoms with van der Waals surface area (Å²) >= 11 is 11.0. The number of rotatable bonds is 5. The molecule has 3 aromatic rings. The number of nitrogens with one attached hydrogen (secondary N) is 1. The number of benzene rings is 2. The van der Waals surface area contributed by atoms with Crippen LogP contribution in [0.4, 0.5) is 11.4 Å². The molecule has 0 atom stereocenters. The summed E-state index contributed by atoms with van der Waals surface area (Å²) < 4.78 is 10.8. The highest BCUT2D eigenvalue weighted by atomic mass is 35.5. The number of carbonyl (C=O) groups excluding carboxylic acids is 2. The zero-order chi connectivity index (χ0) is 23.7. The van der Waals surface area contributed by atoms with Crippen molar-refractivity contribution in [2.45, 2.75) is 0 Å². The van der Waals surface area contributed by atoms with Crippen molar-refractivity contribution in [3.8, 4) is 17.1 Å². The Hall–Kier alpha value is -4.02. The van der Waals surface area contributed by atoms with Gasteiger partial charge in [-0.3, -0.25) is 29.9 Å². The van der Waals surface area contributed by atoms with Crippen molar-refractivity contribution < 1.29 is 23.7 Å². The number of methoxy groups -OCH3 is 1. The summed E-state index contributed by atoms with van der Waals surface area (Å²) in [4.78, 5) is 37.3. The standard InChI is InChI=1S/C22H14ClN3O6S/c1-31-14-5-3-13(4-6-14)25-21(28)16(20(27)24-22(25)33)11-15-7-9-19(32-15)12-2-8-17(23)18(10-12)26(29)30/h2-11H,1H3,(H,24,27,33). The van der Waals surface area contributed by atoms with Crippen LogP contribution in [0.15, 0.2) is 64.6 Å². The largest absolute Gasteiger partial charge is 0.497 e. The van der Waals surface area contributed by atoms with Crippen LogP contribution in [0.3, 0.4) is 0 Å². The van der Waals surface area contributed by atoms with E-state index in [0.717, 1.165) is 0 Å². The molecule has 2 amide bonds. The number of thiocarbonyl (C=S) groups is 1. The molecular formula is C22H14ClN3O6S. The highest BCUT2D eigenvalue weighted by Gasteiger charge is 2.34. The number of carbonyl (C=O) groups is 2. The van der Waals surface area contributed by atoms with E-state index in [2.05, 4.69) is 5.32 Å². The van der Waals surface area contributed by atoms with Crippen molar-refractivity contribution in [1.29, 1.82) is 0 Å². The summed E-state index contributed by atoms with van der Waals surface area (Å²) in [6.07, 6.45) is 1.28. The molecule has 1 aliphatic rings. The zero-order valence-corrected chi connectivity index (χ0v) is 18.5. The maximum atomic E-state index is 13.1. The molecular weight excluding hydrogens is 470 g/mol. The minimum absolute atomic E-state index is 0.00304. The van der Waals surface area contributed by atoms with Crippen LogP contribution in [0.2, 0.25) is 5.02 Å². The summed E-state index contributed by atoms with van der Waals surface area (Å²) in [6, 6.07) is 13.9. The second-order valence-corrected chi connectivity index (χ2v) is 7.58. The molecule has 1 N–H and O–H groups in total. The van der Waals surface area contributed by atoms with E-state index in [1.165, 1.54) is 36.3 Å². The molecule has 0 bridgehead atoms. The number of furan rings is 1. The Balaban J connectivity index is 1.66. The van der Waals surface area contributed by atoms with Crippen molar-refractivity contribution in [2.24, 2.45) is 0 Å². The van der Waals surface area contributed by atoms with Crippen LogP contribution in [0.5, 0.6) is 5.75 Å². The predicted molar refractivity (Wildman–Crippen MR) is 125 cm³/mol. The molecule has 2 aromatic carbocycles. The first kappa shape index (κ1) is 22.2. The Morgan fingerprint density at radius 3 is 2.55 bits per heavy atom. The van der Waals surface area contributed by atoms with Crippen LogP contribution in [0.25, 0.3) is 17.4 Å². The number of anilines is 1. The quantitative estimate of drug-likeness (QED) is 0.188. The van der Waals surface area contributed by atoms with Crippen molar-refractivity contribution in [3.63, 3.8) is 0 Å². The molecule has 11 heteroatoms. The number of nitro groups is 1. The van der Waals surface area contributed by atoms with Gasteiger partial charge in [0.2, 0.25) is 0 Å². The molecule has 1 saturated heterocycles. The van der Waals surface area contributed by atoms with Gasteiger partial charge in [0.05, 0.1) is 17.7 Å². The Morgan fingerprint density at radius 2 is 1.88 bits per heavy atom. The fraction of sp³-hybridized carbons (Fsp3) is 0.0455. The molecule has 0 saturated carbocycles. The van der Waals surface area contributed by atoms with Gasteiger partial charge in [-0.1, -0.05) is 11.6 Å². The number of ether oxygens (including phenoxy) is 1. The van der Waals surface area contributed by atoms with Crippen molar-refractivity contribution in [3.05, 3.63) is 81.1 Å². The molecule has 0 unspecified atom stereocenters. The molecule has 33 heavy (non-hydrogen) atoms. The van der Waals surface area contributed by atoms with Gasteiger partial charge in [-0.2, -0.15) is 0 Å². The van der Waals surface area contributed by atoms with Crippen LogP contribution in [-0.4, -0.2) is 29.0 Å². The SMILES string of the molecule is COc1ccc(N2C(=O)C(=Cc3ccc(-c4ccc(Cl)c([N+](=O)[O-])c4)o3)C(=O)NC2=S)cc1. The third-order valence-electron chi connectivity index (χ3n) is 4.77. The monoisotopic (exact) mass is 483 g/mol. The lowest BCUT2D eigenvalue weighted by Crippen LogP contribution is -2.54. The number of hydrogen-bond donors (Lipinski definition) is 1. The molecule has 0 spiro atoms. The summed E-state index contributed by atoms with van der Waals surface area (Å²) in [5.41, 5.74) is 0.403. The van der Waals surface area contributed by atoms with Gasteiger partial charge in [0.15, 0.2) is 5.11 Å². The highest BCUT2D eigenvalue weighted by molar-refractivity contribution is 7.80. The minimum Gasteiger partial charge on any atom is -0.497 e. The minimum atomic E-state index is -0.671. The molecule has 1 aliphatic heterocycles. The van der Waals surface area contributed by atoms with Crippen LogP contribution in [-0.2, 0) is 9.59 Å². The van der Waals surface area contributed by atoms with Crippen molar-refractivity contribution in [2.75, 3.05) is 12.0 Å². The Morgan fingerprint density at radius 1 is 1.15 bits per heavy atom. The highest BCUT2D eigenvalue weighted by Crippen LogP contribution is 2.32. The second kappa shape index (κ2) is 8.85. The van der Waals surface area contributed by atoms with Gasteiger partial charge in [0.25, 0.3) is 17.5 Å². The number of nitrogens with zero attached hydrogens (tertiary/aromatic N) is 2. The van der Waals surface area contributed by atoms with Crippen LogP contribution >= 0.6 is 23.8 Å². The van der Waals surface area contributed by atoms with E-state index >= 15 is 0 Å². The summed E-state index contributed by atoms with van der Waals surface area (Å²) in [5, 5.41) is 13.6. The third kappa shape index (κ3) is 4.34. The van der Waals surface area contributed by atoms with E-state index in [9.17, 15) is 19.7 Å². The molecule has 166 valence electrons. The van der Waals surface area contributed by atoms with Crippen molar-refractivity contribution >= 4 is 58.2 Å². The number of nitro benzene ring substituents is 1. The zero-order valence-electron chi connectivity index (χ0n) is 16.9. The third-order valence-corrected chi connectivity index (χ3v) is 5.38. The lowest BCUT2D eigenvalue weighted by atomic mass is 10.1. The number of halogens is 1. The van der Waals surface area contributed by atoms with E-state index in [0.29, 0.717) is 22.8 Å². The first-order valence-electron chi connectivity index (χ1n) is 9.38. The van der Waals surface area contributed by atoms with Gasteiger partial charge >= 0.3 is 0 Å². The summed E-state index contributed by atoms with van der Waals surface area (Å²) in [5.74, 6) is -0.209. The van der Waals surface area contributed by atoms with E-state index in [1.54, 1.807) is 36.4 Å². The fourth-order valence-corrected chi connectivity index (χ4v) is 3.62. The molecule has 0 aliphatic carbocycles. The number of hydrogen-bond acceptors (Lipinski definition) is 7. The Bertz CT molecular complexity index is 1330. The molecule has 1 fully saturated rings. The van der Waals surface area contributed by atoms with E-state index in [-0.39, 0.29) is 27.2 Å². The molecule has 2 heterocycles. The Kier molecular flexibility index (Phi) is 5.95. The van der Waals surface area contributed by atoms with Gasteiger partial charge < -0.3 is 9.15 Å². The smallest absolute Gasteiger partial charge is 0.288 e. The van der Waals surface area contributed by atoms with E-state index < -0.39 is 16.7 Å². The maximum absolute atomic E-state index is 13.1. The van der Waals surface area contributed by atoms with Gasteiger partial charge in [0, 0.05) is 11.6 Å². The van der Waals surface area contributed by atoms with Gasteiger partial charge in [-0.25, -0.2) is 0 Å². The lowest BCUT2D eigenvalue weighted by molar-refractivity contribution is -0.384. The van der Waals surface area contributed by atoms with Gasteiger partial charge in [-0.05, 0) is 66.8 Å². The Labute approximate surface area is 197 Å². The fourth-order valence-electron chi connectivity index (χ4n) is 3.16. The van der Waals surface area contributed by atoms with Crippen LogP contribution in [0, 0.1) is 10.1 Å². The number of amides is 2. The normalized spacial score (nSPS) is 15.0. The molecule has 4 rings (SSSR count). The average Bonchev–Trinajstić information content (AvgIpc) is 3.26. The summed E-state index contributed by atoms with van der Waals surface area (Å²) in [7, 11) is 1.52. The van der Waals surface area contributed by atoms with Gasteiger partial charge in [-0.15, -0.1) is 0 Å². The van der Waals surface area contributed by atoms with E-state index in [4.69, 9.17) is 33.0 Å². The first-order valence-corrected chi connectivity index (χ1v) is 10.2. The second-order valence-electron chi connectivity index (χ2n) is 6.78. The summed E-state index contributed by atoms with van der Waals surface area (Å²) in [6.45, 7) is 0. The molecule has 0 radical (unpaired) electrons. The lowest BCUT2D eigenvalue weighted by Gasteiger charge is -2.28. The molecule has 9 nitrogen and oxygen atoms in total. The van der Waals surface area contributed by atoms with Crippen LogP contribution in [0.1, 0.15) is 5.76 Å². The van der Waals surface area contributed by atoms with Gasteiger partial charge in [0.1, 0.15) is 27.9 Å². The first-order chi connectivity index (χ1) is 15.8. The van der Waals surface area contributed by atoms with Crippen molar-refractivity contribution in [1.82, 2.24) is 5.32 Å². The average molecular weight is 484 g/mol. The van der Waals surface area contributed by atoms with Crippen LogP contribution < -0.4 is 15.0 Å². The molecule has 1 aromatic heterocycles.